The lowest BCUT2D eigenvalue weighted by atomic mass is 10.2. The van der Waals surface area contributed by atoms with Gasteiger partial charge < -0.3 is 14.6 Å². The van der Waals surface area contributed by atoms with E-state index >= 15 is 0 Å². The van der Waals surface area contributed by atoms with Gasteiger partial charge in [0.25, 0.3) is 0 Å². The largest absolute Gasteiger partial charge is 0.457 e. The first-order valence-corrected chi connectivity index (χ1v) is 11.7. The Morgan fingerprint density at radius 1 is 0.861 bits per heavy atom. The molecule has 2 N–H and O–H groups in total. The lowest BCUT2D eigenvalue weighted by Gasteiger charge is -2.36. The molecule has 1 saturated heterocycles. The first kappa shape index (κ1) is 22.4. The minimum absolute atomic E-state index is 0.371. The molecule has 0 spiro atoms. The van der Waals surface area contributed by atoms with Crippen LogP contribution in [0.2, 0.25) is 0 Å². The third kappa shape index (κ3) is 4.59. The van der Waals surface area contributed by atoms with Gasteiger partial charge in [-0.05, 0) is 48.5 Å². The van der Waals surface area contributed by atoms with Gasteiger partial charge in [0.1, 0.15) is 17.2 Å². The second kappa shape index (κ2) is 8.87. The second-order valence-electron chi connectivity index (χ2n) is 8.86. The highest BCUT2D eigenvalue weighted by Gasteiger charge is 2.32. The fraction of sp³-hybridized carbons (Fsp3) is 0.231. The maximum Gasteiger partial charge on any atom is 0.401 e. The van der Waals surface area contributed by atoms with Gasteiger partial charge >= 0.3 is 6.18 Å². The molecule has 36 heavy (non-hydrogen) atoms. The van der Waals surface area contributed by atoms with E-state index in [1.54, 1.807) is 0 Å². The number of fused-ring (bicyclic) bond motifs is 2. The molecule has 0 atom stereocenters. The number of anilines is 1. The maximum absolute atomic E-state index is 12.7. The van der Waals surface area contributed by atoms with Crippen molar-refractivity contribution in [1.82, 2.24) is 25.1 Å². The predicted molar refractivity (Wildman–Crippen MR) is 132 cm³/mol. The van der Waals surface area contributed by atoms with Crippen LogP contribution in [0.4, 0.5) is 18.9 Å². The third-order valence-corrected chi connectivity index (χ3v) is 6.34. The number of piperazine rings is 1. The van der Waals surface area contributed by atoms with E-state index in [-0.39, 0.29) is 0 Å². The van der Waals surface area contributed by atoms with Crippen molar-refractivity contribution in [3.63, 3.8) is 0 Å². The van der Waals surface area contributed by atoms with Crippen LogP contribution in [0.1, 0.15) is 0 Å². The summed E-state index contributed by atoms with van der Waals surface area (Å²) < 4.78 is 44.0. The SMILES string of the molecule is FC(F)(F)CN1CCN(c2ccc3[nH]c(-c4n[nH]c5ccc(Oc6ccccc6)cc45)nc3c2)CC1. The highest BCUT2D eigenvalue weighted by atomic mass is 19.4. The first-order valence-electron chi connectivity index (χ1n) is 11.7. The zero-order valence-corrected chi connectivity index (χ0v) is 19.2. The van der Waals surface area contributed by atoms with Crippen molar-refractivity contribution in [2.75, 3.05) is 37.6 Å². The summed E-state index contributed by atoms with van der Waals surface area (Å²) in [7, 11) is 0. The fourth-order valence-electron chi connectivity index (χ4n) is 4.58. The molecule has 3 heterocycles. The van der Waals surface area contributed by atoms with Crippen LogP contribution >= 0.6 is 0 Å². The number of aromatic nitrogens is 4. The van der Waals surface area contributed by atoms with E-state index in [1.807, 2.05) is 66.7 Å². The Morgan fingerprint density at radius 3 is 2.42 bits per heavy atom. The van der Waals surface area contributed by atoms with Crippen LogP contribution in [0.5, 0.6) is 11.5 Å². The van der Waals surface area contributed by atoms with E-state index in [0.29, 0.717) is 43.4 Å². The Bertz CT molecular complexity index is 1500. The molecule has 2 aromatic heterocycles. The van der Waals surface area contributed by atoms with Crippen LogP contribution in [0.25, 0.3) is 33.5 Å². The smallest absolute Gasteiger partial charge is 0.401 e. The van der Waals surface area contributed by atoms with Crippen LogP contribution in [0.3, 0.4) is 0 Å². The van der Waals surface area contributed by atoms with Crippen molar-refractivity contribution in [3.05, 3.63) is 66.7 Å². The van der Waals surface area contributed by atoms with E-state index in [2.05, 4.69) is 20.1 Å². The summed E-state index contributed by atoms with van der Waals surface area (Å²) in [5.41, 5.74) is 4.12. The quantitative estimate of drug-likeness (QED) is 0.335. The van der Waals surface area contributed by atoms with E-state index in [1.165, 1.54) is 4.90 Å². The molecular weight excluding hydrogens is 469 g/mol. The first-order chi connectivity index (χ1) is 17.4. The van der Waals surface area contributed by atoms with Crippen LogP contribution < -0.4 is 9.64 Å². The average Bonchev–Trinajstić information content (AvgIpc) is 3.47. The number of ether oxygens (including phenoxy) is 1. The summed E-state index contributed by atoms with van der Waals surface area (Å²) in [6, 6.07) is 21.2. The van der Waals surface area contributed by atoms with E-state index < -0.39 is 12.7 Å². The van der Waals surface area contributed by atoms with Crippen LogP contribution in [0.15, 0.2) is 66.7 Å². The predicted octanol–water partition coefficient (Wildman–Crippen LogP) is 5.58. The Kier molecular flexibility index (Phi) is 5.52. The lowest BCUT2D eigenvalue weighted by Crippen LogP contribution is -2.49. The average molecular weight is 493 g/mol. The summed E-state index contributed by atoms with van der Waals surface area (Å²) in [5.74, 6) is 2.07. The molecule has 5 aromatic rings. The number of halogens is 3. The molecule has 184 valence electrons. The standard InChI is InChI=1S/C26H23F3N6O/c27-26(28,29)16-34-10-12-35(13-11-34)17-6-8-22-23(14-17)31-25(30-22)24-20-15-19(7-9-21(20)32-33-24)36-18-4-2-1-3-5-18/h1-9,14-15H,10-13,16H2,(H,30,31)(H,32,33). The Labute approximate surface area is 204 Å². The summed E-state index contributed by atoms with van der Waals surface area (Å²) in [6.07, 6.45) is -4.17. The number of para-hydroxylation sites is 1. The minimum Gasteiger partial charge on any atom is -0.457 e. The molecule has 0 bridgehead atoms. The molecule has 0 radical (unpaired) electrons. The van der Waals surface area contributed by atoms with Gasteiger partial charge in [-0.25, -0.2) is 4.98 Å². The number of hydrogen-bond acceptors (Lipinski definition) is 5. The number of imidazole rings is 1. The molecule has 1 fully saturated rings. The number of alkyl halides is 3. The molecule has 1 aliphatic heterocycles. The molecule has 6 rings (SSSR count). The number of hydrogen-bond donors (Lipinski definition) is 2. The van der Waals surface area contributed by atoms with Gasteiger partial charge in [-0.1, -0.05) is 18.2 Å². The Balaban J connectivity index is 1.24. The molecule has 0 saturated carbocycles. The van der Waals surface area contributed by atoms with E-state index in [0.717, 1.165) is 33.4 Å². The van der Waals surface area contributed by atoms with Crippen molar-refractivity contribution < 1.29 is 17.9 Å². The van der Waals surface area contributed by atoms with Crippen molar-refractivity contribution in [2.24, 2.45) is 0 Å². The molecule has 0 aliphatic carbocycles. The number of H-pyrrole nitrogens is 2. The Morgan fingerprint density at radius 2 is 1.64 bits per heavy atom. The van der Waals surface area contributed by atoms with E-state index in [4.69, 9.17) is 9.72 Å². The monoisotopic (exact) mass is 492 g/mol. The van der Waals surface area contributed by atoms with Gasteiger partial charge in [-0.3, -0.25) is 10.00 Å². The number of benzene rings is 3. The molecule has 0 unspecified atom stereocenters. The van der Waals surface area contributed by atoms with Gasteiger partial charge in [0.2, 0.25) is 0 Å². The van der Waals surface area contributed by atoms with Gasteiger partial charge in [0, 0.05) is 37.3 Å². The minimum atomic E-state index is -4.17. The van der Waals surface area contributed by atoms with Crippen LogP contribution in [0, 0.1) is 0 Å². The van der Waals surface area contributed by atoms with Gasteiger partial charge in [0.15, 0.2) is 5.82 Å². The fourth-order valence-corrected chi connectivity index (χ4v) is 4.58. The summed E-state index contributed by atoms with van der Waals surface area (Å²) in [5, 5.41) is 8.40. The van der Waals surface area contributed by atoms with Gasteiger partial charge in [-0.15, -0.1) is 0 Å². The maximum atomic E-state index is 12.7. The highest BCUT2D eigenvalue weighted by Crippen LogP contribution is 2.32. The zero-order chi connectivity index (χ0) is 24.7. The topological polar surface area (TPSA) is 73.1 Å². The number of aromatic amines is 2. The molecule has 0 amide bonds. The second-order valence-corrected chi connectivity index (χ2v) is 8.86. The number of rotatable bonds is 5. The summed E-state index contributed by atoms with van der Waals surface area (Å²) >= 11 is 0. The normalized spacial score (nSPS) is 15.1. The van der Waals surface area contributed by atoms with E-state index in [9.17, 15) is 13.2 Å². The molecule has 1 aliphatic rings. The molecule has 10 heteroatoms. The van der Waals surface area contributed by atoms with Crippen molar-refractivity contribution in [1.29, 1.82) is 0 Å². The molecule has 7 nitrogen and oxygen atoms in total. The number of nitrogens with zero attached hydrogens (tertiary/aromatic N) is 4. The summed E-state index contributed by atoms with van der Waals surface area (Å²) in [4.78, 5) is 11.6. The van der Waals surface area contributed by atoms with Crippen LogP contribution in [-0.4, -0.2) is 64.0 Å². The zero-order valence-electron chi connectivity index (χ0n) is 19.2. The third-order valence-electron chi connectivity index (χ3n) is 6.34. The van der Waals surface area contributed by atoms with Gasteiger partial charge in [-0.2, -0.15) is 18.3 Å². The Hall–Kier alpha value is -4.05. The van der Waals surface area contributed by atoms with Crippen LogP contribution in [-0.2, 0) is 0 Å². The van der Waals surface area contributed by atoms with Crippen molar-refractivity contribution in [2.45, 2.75) is 6.18 Å². The highest BCUT2D eigenvalue weighted by molar-refractivity contribution is 5.94. The van der Waals surface area contributed by atoms with Crippen molar-refractivity contribution in [3.8, 4) is 23.0 Å². The summed E-state index contributed by atoms with van der Waals surface area (Å²) in [6.45, 7) is 0.949. The van der Waals surface area contributed by atoms with Gasteiger partial charge in [0.05, 0.1) is 23.1 Å². The van der Waals surface area contributed by atoms with Crippen molar-refractivity contribution >= 4 is 27.6 Å². The lowest BCUT2D eigenvalue weighted by molar-refractivity contribution is -0.146. The number of nitrogens with one attached hydrogen (secondary N) is 2. The molecular formula is C26H23F3N6O. The molecule has 3 aromatic carbocycles.